The van der Waals surface area contributed by atoms with Crippen LogP contribution in [-0.4, -0.2) is 16.2 Å². The summed E-state index contributed by atoms with van der Waals surface area (Å²) in [5, 5.41) is 19.3. The van der Waals surface area contributed by atoms with Crippen LogP contribution in [-0.2, 0) is 0 Å². The number of aryl methyl sites for hydroxylation is 1. The van der Waals surface area contributed by atoms with Crippen molar-refractivity contribution in [1.29, 1.82) is 0 Å². The highest BCUT2D eigenvalue weighted by Gasteiger charge is 2.39. The summed E-state index contributed by atoms with van der Waals surface area (Å²) in [6.07, 6.45) is -7.39. The minimum absolute atomic E-state index is 0.0748. The van der Waals surface area contributed by atoms with Crippen molar-refractivity contribution in [2.75, 3.05) is 0 Å². The average molecular weight is 235 g/mol. The van der Waals surface area contributed by atoms with Crippen LogP contribution in [0.3, 0.4) is 0 Å². The number of nitrogens with zero attached hydrogens (tertiary/aromatic N) is 1. The van der Waals surface area contributed by atoms with E-state index in [4.69, 9.17) is 5.11 Å². The third-order valence-electron chi connectivity index (χ3n) is 2.04. The Morgan fingerprint density at radius 3 is 2.38 bits per heavy atom. The maximum atomic E-state index is 12.1. The second-order valence-corrected chi connectivity index (χ2v) is 3.25. The molecular formula is C9H8F3NO3. The van der Waals surface area contributed by atoms with E-state index in [1.165, 1.54) is 6.92 Å². The Bertz CT molecular complexity index is 417. The molecule has 0 saturated heterocycles. The SMILES string of the molecule is Cc1cc([C@@H](O)C(F)(F)F)ccc1[N+](=O)[O-]. The number of nitro benzene ring substituents is 1. The first-order valence-corrected chi connectivity index (χ1v) is 4.23. The summed E-state index contributed by atoms with van der Waals surface area (Å²) in [7, 11) is 0. The molecule has 1 atom stereocenters. The predicted molar refractivity (Wildman–Crippen MR) is 48.8 cm³/mol. The lowest BCUT2D eigenvalue weighted by Gasteiger charge is -2.14. The number of nitro groups is 1. The summed E-state index contributed by atoms with van der Waals surface area (Å²) in [5.74, 6) is 0. The summed E-state index contributed by atoms with van der Waals surface area (Å²) in [4.78, 5) is 9.73. The van der Waals surface area contributed by atoms with Gasteiger partial charge in [0.15, 0.2) is 6.10 Å². The molecule has 0 unspecified atom stereocenters. The van der Waals surface area contributed by atoms with Gasteiger partial charge in [-0.3, -0.25) is 10.1 Å². The quantitative estimate of drug-likeness (QED) is 0.632. The van der Waals surface area contributed by atoms with Gasteiger partial charge in [0, 0.05) is 11.6 Å². The van der Waals surface area contributed by atoms with E-state index < -0.39 is 22.8 Å². The number of hydrogen-bond acceptors (Lipinski definition) is 3. The van der Waals surface area contributed by atoms with Crippen LogP contribution in [0.25, 0.3) is 0 Å². The molecule has 0 aromatic heterocycles. The molecule has 0 heterocycles. The number of aliphatic hydroxyl groups is 1. The molecule has 0 aliphatic carbocycles. The van der Waals surface area contributed by atoms with Gasteiger partial charge in [-0.05, 0) is 24.6 Å². The lowest BCUT2D eigenvalue weighted by Crippen LogP contribution is -2.20. The van der Waals surface area contributed by atoms with E-state index in [9.17, 15) is 23.3 Å². The molecule has 7 heteroatoms. The van der Waals surface area contributed by atoms with Crippen molar-refractivity contribution in [3.63, 3.8) is 0 Å². The molecule has 0 aliphatic heterocycles. The number of aliphatic hydroxyl groups excluding tert-OH is 1. The molecule has 0 fully saturated rings. The zero-order valence-electron chi connectivity index (χ0n) is 8.15. The third kappa shape index (κ3) is 2.48. The van der Waals surface area contributed by atoms with Gasteiger partial charge >= 0.3 is 6.18 Å². The molecule has 88 valence electrons. The van der Waals surface area contributed by atoms with Gasteiger partial charge in [0.2, 0.25) is 0 Å². The largest absolute Gasteiger partial charge is 0.418 e. The lowest BCUT2D eigenvalue weighted by molar-refractivity contribution is -0.385. The molecule has 0 saturated carbocycles. The number of rotatable bonds is 2. The van der Waals surface area contributed by atoms with E-state index >= 15 is 0 Å². The van der Waals surface area contributed by atoms with Gasteiger partial charge in [0.1, 0.15) is 0 Å². The highest BCUT2D eigenvalue weighted by atomic mass is 19.4. The first kappa shape index (κ1) is 12.4. The van der Waals surface area contributed by atoms with Crippen molar-refractivity contribution < 1.29 is 23.2 Å². The standard InChI is InChI=1S/C9H8F3NO3/c1-5-4-6(8(14)9(10,11)12)2-3-7(5)13(15)16/h2-4,8,14H,1H3/t8-/m1/s1. The molecule has 0 spiro atoms. The first-order valence-electron chi connectivity index (χ1n) is 4.23. The van der Waals surface area contributed by atoms with Gasteiger partial charge in [0.05, 0.1) is 4.92 Å². The van der Waals surface area contributed by atoms with Crippen LogP contribution in [0.4, 0.5) is 18.9 Å². The smallest absolute Gasteiger partial charge is 0.379 e. The molecule has 1 rings (SSSR count). The Hall–Kier alpha value is -1.63. The van der Waals surface area contributed by atoms with Crippen LogP contribution in [0.2, 0.25) is 0 Å². The van der Waals surface area contributed by atoms with Crippen molar-refractivity contribution in [2.24, 2.45) is 0 Å². The Morgan fingerprint density at radius 2 is 2.00 bits per heavy atom. The maximum Gasteiger partial charge on any atom is 0.418 e. The predicted octanol–water partition coefficient (Wildman–Crippen LogP) is 2.50. The van der Waals surface area contributed by atoms with Gasteiger partial charge in [-0.1, -0.05) is 0 Å². The Labute approximate surface area is 88.5 Å². The average Bonchev–Trinajstić information content (AvgIpc) is 2.14. The summed E-state index contributed by atoms with van der Waals surface area (Å²) in [6, 6.07) is 2.79. The Morgan fingerprint density at radius 1 is 1.44 bits per heavy atom. The normalized spacial score (nSPS) is 13.6. The van der Waals surface area contributed by atoms with Crippen LogP contribution in [0.1, 0.15) is 17.2 Å². The molecule has 0 aliphatic rings. The number of halogens is 3. The minimum Gasteiger partial charge on any atom is -0.379 e. The Balaban J connectivity index is 3.11. The molecule has 1 aromatic rings. The van der Waals surface area contributed by atoms with Crippen LogP contribution in [0, 0.1) is 17.0 Å². The van der Waals surface area contributed by atoms with E-state index in [1.54, 1.807) is 0 Å². The van der Waals surface area contributed by atoms with E-state index in [0.29, 0.717) is 0 Å². The van der Waals surface area contributed by atoms with Gasteiger partial charge in [0.25, 0.3) is 5.69 Å². The molecule has 1 aromatic carbocycles. The number of alkyl halides is 3. The fraction of sp³-hybridized carbons (Fsp3) is 0.333. The summed E-state index contributed by atoms with van der Waals surface area (Å²) < 4.78 is 36.4. The molecule has 16 heavy (non-hydrogen) atoms. The monoisotopic (exact) mass is 235 g/mol. The van der Waals surface area contributed by atoms with Gasteiger partial charge < -0.3 is 5.11 Å². The van der Waals surface area contributed by atoms with Crippen molar-refractivity contribution in [3.05, 3.63) is 39.4 Å². The van der Waals surface area contributed by atoms with Crippen LogP contribution in [0.5, 0.6) is 0 Å². The van der Waals surface area contributed by atoms with Crippen LogP contribution < -0.4 is 0 Å². The molecule has 0 amide bonds. The van der Waals surface area contributed by atoms with Crippen molar-refractivity contribution in [2.45, 2.75) is 19.2 Å². The second-order valence-electron chi connectivity index (χ2n) is 3.25. The van der Waals surface area contributed by atoms with Crippen molar-refractivity contribution in [1.82, 2.24) is 0 Å². The van der Waals surface area contributed by atoms with Gasteiger partial charge in [-0.2, -0.15) is 13.2 Å². The molecule has 0 radical (unpaired) electrons. The van der Waals surface area contributed by atoms with Crippen molar-refractivity contribution >= 4 is 5.69 Å². The van der Waals surface area contributed by atoms with E-state index in [2.05, 4.69) is 0 Å². The van der Waals surface area contributed by atoms with E-state index in [-0.39, 0.29) is 11.3 Å². The highest BCUT2D eigenvalue weighted by Crippen LogP contribution is 2.33. The van der Waals surface area contributed by atoms with Gasteiger partial charge in [-0.25, -0.2) is 0 Å². The molecule has 1 N–H and O–H groups in total. The number of hydrogen-bond donors (Lipinski definition) is 1. The minimum atomic E-state index is -4.78. The summed E-state index contributed by atoms with van der Waals surface area (Å²) in [5.41, 5.74) is -0.612. The Kier molecular flexibility index (Phi) is 3.18. The molecule has 0 bridgehead atoms. The fourth-order valence-corrected chi connectivity index (χ4v) is 1.24. The van der Waals surface area contributed by atoms with E-state index in [0.717, 1.165) is 18.2 Å². The van der Waals surface area contributed by atoms with E-state index in [1.807, 2.05) is 0 Å². The second kappa shape index (κ2) is 4.09. The van der Waals surface area contributed by atoms with Gasteiger partial charge in [-0.15, -0.1) is 0 Å². The van der Waals surface area contributed by atoms with Crippen LogP contribution >= 0.6 is 0 Å². The van der Waals surface area contributed by atoms with Crippen LogP contribution in [0.15, 0.2) is 18.2 Å². The zero-order chi connectivity index (χ0) is 12.5. The molecule has 4 nitrogen and oxygen atoms in total. The first-order chi connectivity index (χ1) is 7.23. The third-order valence-corrected chi connectivity index (χ3v) is 2.04. The fourth-order valence-electron chi connectivity index (χ4n) is 1.24. The van der Waals surface area contributed by atoms with Crippen molar-refractivity contribution in [3.8, 4) is 0 Å². The summed E-state index contributed by atoms with van der Waals surface area (Å²) in [6.45, 7) is 1.31. The topological polar surface area (TPSA) is 63.4 Å². The summed E-state index contributed by atoms with van der Waals surface area (Å²) >= 11 is 0. The zero-order valence-corrected chi connectivity index (χ0v) is 8.15. The molecular weight excluding hydrogens is 227 g/mol. The maximum absolute atomic E-state index is 12.1. The number of benzene rings is 1. The highest BCUT2D eigenvalue weighted by molar-refractivity contribution is 5.42. The lowest BCUT2D eigenvalue weighted by atomic mass is 10.1.